The highest BCUT2D eigenvalue weighted by Crippen LogP contribution is 2.14. The van der Waals surface area contributed by atoms with Crippen LogP contribution in [0.3, 0.4) is 0 Å². The van der Waals surface area contributed by atoms with Gasteiger partial charge in [-0.1, -0.05) is 60.1 Å². The molecule has 134 valence electrons. The van der Waals surface area contributed by atoms with Crippen molar-refractivity contribution in [2.45, 2.75) is 26.0 Å². The molecule has 0 spiro atoms. The van der Waals surface area contributed by atoms with Gasteiger partial charge in [0.25, 0.3) is 0 Å². The Balaban J connectivity index is 1.55. The number of nitrogens with zero attached hydrogens (tertiary/aromatic N) is 1. The van der Waals surface area contributed by atoms with Gasteiger partial charge in [0.05, 0.1) is 6.61 Å². The standard InChI is InChI=1S/C20H26ClN3O/c1-22-20(24-15-18-11-5-6-12-19(18)21)23-13-7-8-14-25-16-17-9-3-2-4-10-17/h2-6,9-12H,7-8,13-16H2,1H3,(H2,22,23,24). The zero-order chi connectivity index (χ0) is 17.7. The van der Waals surface area contributed by atoms with Crippen molar-refractivity contribution in [3.05, 3.63) is 70.7 Å². The first-order valence-corrected chi connectivity index (χ1v) is 8.97. The first kappa shape index (κ1) is 19.3. The summed E-state index contributed by atoms with van der Waals surface area (Å²) in [5.74, 6) is 0.783. The van der Waals surface area contributed by atoms with E-state index < -0.39 is 0 Å². The summed E-state index contributed by atoms with van der Waals surface area (Å²) >= 11 is 6.16. The lowest BCUT2D eigenvalue weighted by Crippen LogP contribution is -2.37. The predicted molar refractivity (Wildman–Crippen MR) is 105 cm³/mol. The Labute approximate surface area is 155 Å². The van der Waals surface area contributed by atoms with Crippen molar-refractivity contribution in [1.82, 2.24) is 10.6 Å². The molecule has 0 aliphatic rings. The maximum atomic E-state index is 6.16. The molecule has 0 heterocycles. The summed E-state index contributed by atoms with van der Waals surface area (Å²) in [4.78, 5) is 4.23. The van der Waals surface area contributed by atoms with Crippen LogP contribution in [0.2, 0.25) is 5.02 Å². The van der Waals surface area contributed by atoms with Gasteiger partial charge in [0.2, 0.25) is 0 Å². The Morgan fingerprint density at radius 1 is 1.00 bits per heavy atom. The van der Waals surface area contributed by atoms with Crippen molar-refractivity contribution >= 4 is 17.6 Å². The lowest BCUT2D eigenvalue weighted by Gasteiger charge is -2.12. The van der Waals surface area contributed by atoms with Crippen molar-refractivity contribution < 1.29 is 4.74 Å². The number of benzene rings is 2. The van der Waals surface area contributed by atoms with Gasteiger partial charge in [0.15, 0.2) is 5.96 Å². The van der Waals surface area contributed by atoms with Crippen LogP contribution in [0.4, 0.5) is 0 Å². The highest BCUT2D eigenvalue weighted by atomic mass is 35.5. The molecule has 0 saturated heterocycles. The number of ether oxygens (including phenoxy) is 1. The van der Waals surface area contributed by atoms with Gasteiger partial charge in [0.1, 0.15) is 0 Å². The summed E-state index contributed by atoms with van der Waals surface area (Å²) in [5, 5.41) is 7.35. The van der Waals surface area contributed by atoms with Crippen LogP contribution in [0.5, 0.6) is 0 Å². The second-order valence-electron chi connectivity index (χ2n) is 5.69. The van der Waals surface area contributed by atoms with Crippen molar-refractivity contribution in [2.75, 3.05) is 20.2 Å². The molecule has 0 aromatic heterocycles. The number of unbranched alkanes of at least 4 members (excludes halogenated alkanes) is 1. The molecule has 5 heteroatoms. The number of hydrogen-bond acceptors (Lipinski definition) is 2. The molecule has 0 atom stereocenters. The molecular formula is C20H26ClN3O. The molecule has 2 aromatic rings. The van der Waals surface area contributed by atoms with Crippen LogP contribution in [0, 0.1) is 0 Å². The Bertz CT molecular complexity index is 646. The minimum Gasteiger partial charge on any atom is -0.377 e. The van der Waals surface area contributed by atoms with Crippen LogP contribution >= 0.6 is 11.6 Å². The molecule has 25 heavy (non-hydrogen) atoms. The molecule has 4 nitrogen and oxygen atoms in total. The van der Waals surface area contributed by atoms with Gasteiger partial charge < -0.3 is 15.4 Å². The van der Waals surface area contributed by atoms with E-state index in [4.69, 9.17) is 16.3 Å². The summed E-state index contributed by atoms with van der Waals surface area (Å²) in [7, 11) is 1.77. The van der Waals surface area contributed by atoms with Gasteiger partial charge in [-0.25, -0.2) is 0 Å². The zero-order valence-corrected chi connectivity index (χ0v) is 15.4. The lowest BCUT2D eigenvalue weighted by atomic mass is 10.2. The van der Waals surface area contributed by atoms with E-state index in [-0.39, 0.29) is 0 Å². The highest BCUT2D eigenvalue weighted by molar-refractivity contribution is 6.31. The van der Waals surface area contributed by atoms with Crippen LogP contribution in [0.1, 0.15) is 24.0 Å². The second-order valence-corrected chi connectivity index (χ2v) is 6.10. The smallest absolute Gasteiger partial charge is 0.191 e. The number of nitrogens with one attached hydrogen (secondary N) is 2. The Morgan fingerprint density at radius 2 is 1.76 bits per heavy atom. The topological polar surface area (TPSA) is 45.7 Å². The summed E-state index contributed by atoms with van der Waals surface area (Å²) in [6.45, 7) is 2.95. The van der Waals surface area contributed by atoms with E-state index in [0.29, 0.717) is 13.2 Å². The highest BCUT2D eigenvalue weighted by Gasteiger charge is 2.01. The summed E-state index contributed by atoms with van der Waals surface area (Å²) in [5.41, 5.74) is 2.27. The van der Waals surface area contributed by atoms with Gasteiger partial charge in [-0.2, -0.15) is 0 Å². The van der Waals surface area contributed by atoms with E-state index >= 15 is 0 Å². The fourth-order valence-corrected chi connectivity index (χ4v) is 2.54. The number of rotatable bonds is 9. The van der Waals surface area contributed by atoms with E-state index in [1.165, 1.54) is 5.56 Å². The molecule has 0 amide bonds. The average molecular weight is 360 g/mol. The van der Waals surface area contributed by atoms with Gasteiger partial charge in [-0.15, -0.1) is 0 Å². The third kappa shape index (κ3) is 7.59. The van der Waals surface area contributed by atoms with Crippen LogP contribution in [0.15, 0.2) is 59.6 Å². The number of aliphatic imine (C=N–C) groups is 1. The van der Waals surface area contributed by atoms with Crippen LogP contribution in [-0.4, -0.2) is 26.2 Å². The monoisotopic (exact) mass is 359 g/mol. The van der Waals surface area contributed by atoms with Gasteiger partial charge in [0, 0.05) is 31.8 Å². The third-order valence-corrected chi connectivity index (χ3v) is 4.12. The summed E-state index contributed by atoms with van der Waals surface area (Å²) < 4.78 is 5.68. The molecule has 2 rings (SSSR count). The second kappa shape index (κ2) is 11.5. The molecule has 0 radical (unpaired) electrons. The molecule has 0 saturated carbocycles. The van der Waals surface area contributed by atoms with E-state index in [9.17, 15) is 0 Å². The Hall–Kier alpha value is -2.04. The Morgan fingerprint density at radius 3 is 2.52 bits per heavy atom. The maximum absolute atomic E-state index is 6.16. The molecular weight excluding hydrogens is 334 g/mol. The average Bonchev–Trinajstić information content (AvgIpc) is 2.65. The normalized spacial score (nSPS) is 11.4. The lowest BCUT2D eigenvalue weighted by molar-refractivity contribution is 0.117. The van der Waals surface area contributed by atoms with Crippen molar-refractivity contribution in [2.24, 2.45) is 4.99 Å². The molecule has 0 bridgehead atoms. The third-order valence-electron chi connectivity index (χ3n) is 3.75. The SMILES string of the molecule is CN=C(NCCCCOCc1ccccc1)NCc1ccccc1Cl. The molecule has 0 unspecified atom stereocenters. The largest absolute Gasteiger partial charge is 0.377 e. The minimum absolute atomic E-state index is 0.652. The summed E-state index contributed by atoms with van der Waals surface area (Å²) in [6, 6.07) is 18.0. The first-order valence-electron chi connectivity index (χ1n) is 8.59. The van der Waals surface area contributed by atoms with Crippen LogP contribution in [0.25, 0.3) is 0 Å². The maximum Gasteiger partial charge on any atom is 0.191 e. The van der Waals surface area contributed by atoms with Gasteiger partial charge in [-0.3, -0.25) is 4.99 Å². The van der Waals surface area contributed by atoms with Crippen molar-refractivity contribution in [1.29, 1.82) is 0 Å². The molecule has 0 aliphatic heterocycles. The van der Waals surface area contributed by atoms with Gasteiger partial charge in [-0.05, 0) is 30.0 Å². The first-order chi connectivity index (χ1) is 12.3. The van der Waals surface area contributed by atoms with Gasteiger partial charge >= 0.3 is 0 Å². The van der Waals surface area contributed by atoms with E-state index in [1.807, 2.05) is 42.5 Å². The van der Waals surface area contributed by atoms with Crippen molar-refractivity contribution in [3.8, 4) is 0 Å². The molecule has 0 aliphatic carbocycles. The summed E-state index contributed by atoms with van der Waals surface area (Å²) in [6.07, 6.45) is 2.04. The van der Waals surface area contributed by atoms with E-state index in [0.717, 1.165) is 42.5 Å². The Kier molecular flexibility index (Phi) is 8.87. The fourth-order valence-electron chi connectivity index (χ4n) is 2.34. The van der Waals surface area contributed by atoms with Crippen LogP contribution < -0.4 is 10.6 Å². The molecule has 2 N–H and O–H groups in total. The molecule has 2 aromatic carbocycles. The number of halogens is 1. The zero-order valence-electron chi connectivity index (χ0n) is 14.7. The van der Waals surface area contributed by atoms with Crippen molar-refractivity contribution in [3.63, 3.8) is 0 Å². The van der Waals surface area contributed by atoms with Crippen LogP contribution in [-0.2, 0) is 17.9 Å². The number of guanidine groups is 1. The fraction of sp³-hybridized carbons (Fsp3) is 0.350. The quantitative estimate of drug-likeness (QED) is 0.404. The van der Waals surface area contributed by atoms with E-state index in [1.54, 1.807) is 7.05 Å². The number of hydrogen-bond donors (Lipinski definition) is 2. The predicted octanol–water partition coefficient (Wildman–Crippen LogP) is 4.00. The minimum atomic E-state index is 0.652. The molecule has 0 fully saturated rings. The van der Waals surface area contributed by atoms with E-state index in [2.05, 4.69) is 27.8 Å².